The number of aliphatic hydroxyl groups excluding tert-OH is 1. The Morgan fingerprint density at radius 3 is 2.68 bits per heavy atom. The molecule has 1 aliphatic rings. The van der Waals surface area contributed by atoms with Gasteiger partial charge < -0.3 is 29.9 Å². The third-order valence-electron chi connectivity index (χ3n) is 6.48. The minimum absolute atomic E-state index is 0.314. The fraction of sp³-hybridized carbons (Fsp3) is 0.259. The first-order chi connectivity index (χ1) is 18.0. The van der Waals surface area contributed by atoms with Gasteiger partial charge in [0, 0.05) is 32.4 Å². The van der Waals surface area contributed by atoms with Crippen molar-refractivity contribution in [2.45, 2.75) is 18.9 Å². The van der Waals surface area contributed by atoms with Crippen LogP contribution >= 0.6 is 0 Å². The van der Waals surface area contributed by atoms with Crippen molar-refractivity contribution in [3.8, 4) is 17.3 Å². The average molecular weight is 500 g/mol. The standard InChI is InChI=1S/C27H29N7O3/c1-4-25(36)29-20-15-21(24(37-3)16-23(20)34-13-10-17(35)11-14-34)32-27-28-12-9-19(31-27)26-30-18-7-5-6-8-22(18)33(26)2/h4-9,12,15-17,35H,1,10-11,13-14H2,2-3H3,(H,29,36)(H,28,31,32). The number of methoxy groups -OCH3 is 1. The second kappa shape index (κ2) is 10.3. The molecule has 0 bridgehead atoms. The number of aliphatic hydroxyl groups is 1. The van der Waals surface area contributed by atoms with Crippen molar-refractivity contribution < 1.29 is 14.6 Å². The quantitative estimate of drug-likeness (QED) is 0.328. The van der Waals surface area contributed by atoms with E-state index in [2.05, 4.69) is 27.1 Å². The maximum atomic E-state index is 12.2. The summed E-state index contributed by atoms with van der Waals surface area (Å²) in [5.41, 5.74) is 4.55. The topological polar surface area (TPSA) is 117 Å². The number of aromatic nitrogens is 4. The highest BCUT2D eigenvalue weighted by Crippen LogP contribution is 2.39. The molecule has 0 aliphatic carbocycles. The molecule has 5 rings (SSSR count). The lowest BCUT2D eigenvalue weighted by Crippen LogP contribution is -2.36. The molecular formula is C27H29N7O3. The summed E-state index contributed by atoms with van der Waals surface area (Å²) in [7, 11) is 3.54. The summed E-state index contributed by atoms with van der Waals surface area (Å²) < 4.78 is 7.68. The Morgan fingerprint density at radius 2 is 1.95 bits per heavy atom. The van der Waals surface area contributed by atoms with Crippen LogP contribution in [-0.4, -0.2) is 56.8 Å². The number of carbonyl (C=O) groups excluding carboxylic acids is 1. The number of amides is 1. The Morgan fingerprint density at radius 1 is 1.16 bits per heavy atom. The lowest BCUT2D eigenvalue weighted by atomic mass is 10.1. The number of nitrogens with one attached hydrogen (secondary N) is 2. The van der Waals surface area contributed by atoms with Crippen molar-refractivity contribution in [3.05, 3.63) is 61.3 Å². The molecule has 0 unspecified atom stereocenters. The number of carbonyl (C=O) groups is 1. The molecule has 0 saturated carbocycles. The normalized spacial score (nSPS) is 14.0. The van der Waals surface area contributed by atoms with E-state index < -0.39 is 0 Å². The van der Waals surface area contributed by atoms with Crippen molar-refractivity contribution in [1.29, 1.82) is 0 Å². The van der Waals surface area contributed by atoms with E-state index in [1.165, 1.54) is 6.08 Å². The van der Waals surface area contributed by atoms with Gasteiger partial charge in [0.2, 0.25) is 11.9 Å². The van der Waals surface area contributed by atoms with Crippen molar-refractivity contribution in [2.24, 2.45) is 7.05 Å². The van der Waals surface area contributed by atoms with E-state index in [1.807, 2.05) is 48.0 Å². The summed E-state index contributed by atoms with van der Waals surface area (Å²) in [6.45, 7) is 4.89. The molecular weight excluding hydrogens is 470 g/mol. The monoisotopic (exact) mass is 499 g/mol. The third-order valence-corrected chi connectivity index (χ3v) is 6.48. The maximum absolute atomic E-state index is 12.2. The molecule has 2 aromatic carbocycles. The minimum Gasteiger partial charge on any atom is -0.494 e. The molecule has 2 aromatic heterocycles. The summed E-state index contributed by atoms with van der Waals surface area (Å²) in [6, 6.07) is 13.4. The van der Waals surface area contributed by atoms with E-state index in [0.717, 1.165) is 22.5 Å². The number of imidazole rings is 1. The zero-order chi connectivity index (χ0) is 25.9. The molecule has 1 aliphatic heterocycles. The zero-order valence-corrected chi connectivity index (χ0v) is 20.8. The number of hydrogen-bond acceptors (Lipinski definition) is 8. The van der Waals surface area contributed by atoms with E-state index >= 15 is 0 Å². The summed E-state index contributed by atoms with van der Waals surface area (Å²) in [5, 5.41) is 16.1. The number of aryl methyl sites for hydroxylation is 1. The van der Waals surface area contributed by atoms with Crippen molar-refractivity contribution >= 4 is 40.0 Å². The van der Waals surface area contributed by atoms with Crippen LogP contribution in [0.25, 0.3) is 22.6 Å². The lowest BCUT2D eigenvalue weighted by molar-refractivity contribution is -0.111. The molecule has 4 aromatic rings. The molecule has 3 N–H and O–H groups in total. The number of piperidine rings is 1. The predicted molar refractivity (Wildman–Crippen MR) is 144 cm³/mol. The fourth-order valence-corrected chi connectivity index (χ4v) is 4.53. The van der Waals surface area contributed by atoms with Crippen LogP contribution in [0.15, 0.2) is 61.3 Å². The van der Waals surface area contributed by atoms with Crippen molar-refractivity contribution in [2.75, 3.05) is 35.7 Å². The number of rotatable bonds is 7. The molecule has 3 heterocycles. The van der Waals surface area contributed by atoms with Crippen LogP contribution in [0.1, 0.15) is 12.8 Å². The van der Waals surface area contributed by atoms with Gasteiger partial charge >= 0.3 is 0 Å². The van der Waals surface area contributed by atoms with E-state index in [1.54, 1.807) is 19.4 Å². The Hall–Kier alpha value is -4.44. The first-order valence-corrected chi connectivity index (χ1v) is 12.1. The SMILES string of the molecule is C=CC(=O)Nc1cc(Nc2nccc(-c3nc4ccccc4n3C)n2)c(OC)cc1N1CCC(O)CC1. The van der Waals surface area contributed by atoms with Crippen LogP contribution in [0, 0.1) is 0 Å². The molecule has 0 radical (unpaired) electrons. The van der Waals surface area contributed by atoms with Gasteiger partial charge in [-0.3, -0.25) is 4.79 Å². The van der Waals surface area contributed by atoms with Crippen LogP contribution < -0.4 is 20.3 Å². The van der Waals surface area contributed by atoms with E-state index in [4.69, 9.17) is 14.7 Å². The van der Waals surface area contributed by atoms with Gasteiger partial charge in [0.15, 0.2) is 5.82 Å². The van der Waals surface area contributed by atoms with Gasteiger partial charge in [0.25, 0.3) is 0 Å². The van der Waals surface area contributed by atoms with Crippen LogP contribution in [0.2, 0.25) is 0 Å². The van der Waals surface area contributed by atoms with Crippen LogP contribution in [0.5, 0.6) is 5.75 Å². The Bertz CT molecular complexity index is 1460. The van der Waals surface area contributed by atoms with Crippen LogP contribution in [0.4, 0.5) is 23.0 Å². The van der Waals surface area contributed by atoms with Crippen molar-refractivity contribution in [3.63, 3.8) is 0 Å². The first kappa shape index (κ1) is 24.3. The second-order valence-corrected chi connectivity index (χ2v) is 8.85. The van der Waals surface area contributed by atoms with Gasteiger partial charge in [0.1, 0.15) is 11.4 Å². The molecule has 37 heavy (non-hydrogen) atoms. The Kier molecular flexibility index (Phi) is 6.74. The van der Waals surface area contributed by atoms with Gasteiger partial charge in [-0.1, -0.05) is 18.7 Å². The number of nitrogens with zero attached hydrogens (tertiary/aromatic N) is 5. The van der Waals surface area contributed by atoms with Gasteiger partial charge in [-0.2, -0.15) is 0 Å². The summed E-state index contributed by atoms with van der Waals surface area (Å²) in [4.78, 5) is 28.2. The smallest absolute Gasteiger partial charge is 0.247 e. The third kappa shape index (κ3) is 4.96. The molecule has 1 saturated heterocycles. The molecule has 10 nitrogen and oxygen atoms in total. The largest absolute Gasteiger partial charge is 0.494 e. The maximum Gasteiger partial charge on any atom is 0.247 e. The number of benzene rings is 2. The molecule has 10 heteroatoms. The highest BCUT2D eigenvalue weighted by atomic mass is 16.5. The second-order valence-electron chi connectivity index (χ2n) is 8.85. The number of fused-ring (bicyclic) bond motifs is 1. The van der Waals surface area contributed by atoms with E-state index in [9.17, 15) is 9.90 Å². The van der Waals surface area contributed by atoms with Gasteiger partial charge in [-0.25, -0.2) is 15.0 Å². The molecule has 1 amide bonds. The van der Waals surface area contributed by atoms with Crippen LogP contribution in [0.3, 0.4) is 0 Å². The highest BCUT2D eigenvalue weighted by molar-refractivity contribution is 6.02. The Labute approximate surface area is 214 Å². The predicted octanol–water partition coefficient (Wildman–Crippen LogP) is 3.87. The average Bonchev–Trinajstić information content (AvgIpc) is 3.26. The molecule has 190 valence electrons. The summed E-state index contributed by atoms with van der Waals surface area (Å²) in [5.74, 6) is 1.32. The number of ether oxygens (including phenoxy) is 1. The lowest BCUT2D eigenvalue weighted by Gasteiger charge is -2.33. The zero-order valence-electron chi connectivity index (χ0n) is 20.8. The van der Waals surface area contributed by atoms with E-state index in [-0.39, 0.29) is 12.0 Å². The Balaban J connectivity index is 1.50. The molecule has 0 spiro atoms. The van der Waals surface area contributed by atoms with Gasteiger partial charge in [-0.05, 0) is 43.2 Å². The van der Waals surface area contributed by atoms with Crippen LogP contribution in [-0.2, 0) is 11.8 Å². The summed E-state index contributed by atoms with van der Waals surface area (Å²) in [6.07, 6.45) is 3.89. The molecule has 0 atom stereocenters. The van der Waals surface area contributed by atoms with Crippen molar-refractivity contribution in [1.82, 2.24) is 19.5 Å². The van der Waals surface area contributed by atoms with Gasteiger partial charge in [0.05, 0.1) is 41.3 Å². The number of para-hydroxylation sites is 2. The van der Waals surface area contributed by atoms with E-state index in [0.29, 0.717) is 54.7 Å². The number of hydrogen-bond donors (Lipinski definition) is 3. The summed E-state index contributed by atoms with van der Waals surface area (Å²) >= 11 is 0. The number of anilines is 4. The fourth-order valence-electron chi connectivity index (χ4n) is 4.53. The highest BCUT2D eigenvalue weighted by Gasteiger charge is 2.22. The minimum atomic E-state index is -0.325. The molecule has 1 fully saturated rings. The first-order valence-electron chi connectivity index (χ1n) is 12.1. The van der Waals surface area contributed by atoms with Gasteiger partial charge in [-0.15, -0.1) is 0 Å².